The lowest BCUT2D eigenvalue weighted by Gasteiger charge is -2.31. The van der Waals surface area contributed by atoms with Gasteiger partial charge in [-0.2, -0.15) is 0 Å². The largest absolute Gasteiger partial charge is 0.339 e. The molecule has 0 atom stereocenters. The van der Waals surface area contributed by atoms with Gasteiger partial charge < -0.3 is 4.90 Å². The smallest absolute Gasteiger partial charge is 0.254 e. The normalized spacial score (nSPS) is 16.4. The van der Waals surface area contributed by atoms with Crippen LogP contribution in [0.3, 0.4) is 0 Å². The van der Waals surface area contributed by atoms with E-state index in [0.29, 0.717) is 28.1 Å². The van der Waals surface area contributed by atoms with E-state index in [1.807, 2.05) is 11.0 Å². The number of benzene rings is 2. The fraction of sp³-hybridized carbons (Fsp3) is 0.353. The molecule has 3 rings (SSSR count). The summed E-state index contributed by atoms with van der Waals surface area (Å²) in [5.41, 5.74) is 0.580. The number of likely N-dealkylation sites (tertiary alicyclic amines) is 1. The van der Waals surface area contributed by atoms with Gasteiger partial charge in [-0.25, -0.2) is 4.39 Å². The minimum Gasteiger partial charge on any atom is -0.339 e. The van der Waals surface area contributed by atoms with Crippen LogP contribution >= 0.6 is 11.6 Å². The Labute approximate surface area is 128 Å². The van der Waals surface area contributed by atoms with Crippen LogP contribution in [-0.2, 0) is 0 Å². The fourth-order valence-electron chi connectivity index (χ4n) is 2.91. The van der Waals surface area contributed by atoms with Gasteiger partial charge in [-0.3, -0.25) is 4.79 Å². The predicted octanol–water partition coefficient (Wildman–Crippen LogP) is 4.07. The van der Waals surface area contributed by atoms with Gasteiger partial charge in [0.1, 0.15) is 5.82 Å². The molecule has 0 N–H and O–H groups in total. The predicted molar refractivity (Wildman–Crippen MR) is 83.3 cm³/mol. The van der Waals surface area contributed by atoms with E-state index >= 15 is 0 Å². The molecule has 2 aromatic carbocycles. The number of alkyl halides is 1. The van der Waals surface area contributed by atoms with Crippen LogP contribution in [-0.4, -0.2) is 29.8 Å². The minimum absolute atomic E-state index is 0.0146. The Balaban J connectivity index is 1.90. The molecule has 0 saturated carbocycles. The van der Waals surface area contributed by atoms with Crippen LogP contribution in [0.4, 0.5) is 4.39 Å². The van der Waals surface area contributed by atoms with Gasteiger partial charge >= 0.3 is 0 Å². The highest BCUT2D eigenvalue weighted by atomic mass is 35.5. The van der Waals surface area contributed by atoms with Gasteiger partial charge in [0.15, 0.2) is 0 Å². The molecular weight excluding hydrogens is 289 g/mol. The average Bonchev–Trinajstić information content (AvgIpc) is 2.55. The van der Waals surface area contributed by atoms with E-state index in [-0.39, 0.29) is 11.7 Å². The molecular formula is C17H17ClFNO. The molecule has 21 heavy (non-hydrogen) atoms. The molecule has 1 aliphatic heterocycles. The molecule has 1 aliphatic rings. The van der Waals surface area contributed by atoms with Crippen molar-refractivity contribution in [3.8, 4) is 0 Å². The van der Waals surface area contributed by atoms with Crippen LogP contribution in [0.15, 0.2) is 36.4 Å². The number of carbonyl (C=O) groups excluding carboxylic acids is 1. The SMILES string of the molecule is O=C(c1ccc(F)c2ccccc12)N1CCC(CCl)CC1. The van der Waals surface area contributed by atoms with Crippen molar-refractivity contribution in [3.63, 3.8) is 0 Å². The summed E-state index contributed by atoms with van der Waals surface area (Å²) in [7, 11) is 0. The number of rotatable bonds is 2. The molecule has 2 nitrogen and oxygen atoms in total. The van der Waals surface area contributed by atoms with Crippen LogP contribution in [0.5, 0.6) is 0 Å². The Hall–Kier alpha value is -1.61. The maximum Gasteiger partial charge on any atom is 0.254 e. The zero-order valence-corrected chi connectivity index (χ0v) is 12.4. The second-order valence-corrected chi connectivity index (χ2v) is 5.84. The van der Waals surface area contributed by atoms with E-state index < -0.39 is 0 Å². The minimum atomic E-state index is -0.289. The summed E-state index contributed by atoms with van der Waals surface area (Å²) in [6, 6.07) is 10.1. The highest BCUT2D eigenvalue weighted by molar-refractivity contribution is 6.18. The van der Waals surface area contributed by atoms with Crippen LogP contribution in [0.2, 0.25) is 0 Å². The van der Waals surface area contributed by atoms with Gasteiger partial charge in [-0.1, -0.05) is 24.3 Å². The third-order valence-electron chi connectivity index (χ3n) is 4.22. The van der Waals surface area contributed by atoms with Gasteiger partial charge in [0.2, 0.25) is 0 Å². The first-order valence-corrected chi connectivity index (χ1v) is 7.76. The van der Waals surface area contributed by atoms with E-state index in [0.717, 1.165) is 25.9 Å². The maximum atomic E-state index is 13.8. The first-order chi connectivity index (χ1) is 10.2. The molecule has 0 spiro atoms. The Kier molecular flexibility index (Phi) is 4.11. The molecule has 0 bridgehead atoms. The summed E-state index contributed by atoms with van der Waals surface area (Å²) in [6.45, 7) is 1.45. The number of nitrogens with zero attached hydrogens (tertiary/aromatic N) is 1. The number of piperidine rings is 1. The van der Waals surface area contributed by atoms with Gasteiger partial charge in [0.25, 0.3) is 5.91 Å². The molecule has 0 unspecified atom stereocenters. The Morgan fingerprint density at radius 1 is 1.14 bits per heavy atom. The number of hydrogen-bond donors (Lipinski definition) is 0. The molecule has 1 amide bonds. The summed E-state index contributed by atoms with van der Waals surface area (Å²) in [5.74, 6) is 0.851. The molecule has 1 saturated heterocycles. The Bertz CT molecular complexity index is 665. The van der Waals surface area contributed by atoms with Crippen LogP contribution in [0.25, 0.3) is 10.8 Å². The van der Waals surface area contributed by atoms with E-state index in [1.165, 1.54) is 6.07 Å². The standard InChI is InChI=1S/C17H17ClFNO/c18-11-12-7-9-20(10-8-12)17(21)15-5-6-16(19)14-4-2-1-3-13(14)15/h1-6,12H,7-11H2. The quantitative estimate of drug-likeness (QED) is 0.766. The van der Waals surface area contributed by atoms with Crippen molar-refractivity contribution in [2.75, 3.05) is 19.0 Å². The zero-order chi connectivity index (χ0) is 14.8. The average molecular weight is 306 g/mol. The van der Waals surface area contributed by atoms with Crippen LogP contribution in [0, 0.1) is 11.7 Å². The van der Waals surface area contributed by atoms with E-state index in [2.05, 4.69) is 0 Å². The molecule has 2 aromatic rings. The van der Waals surface area contributed by atoms with Gasteiger partial charge in [0, 0.05) is 29.9 Å². The highest BCUT2D eigenvalue weighted by Gasteiger charge is 2.24. The van der Waals surface area contributed by atoms with Crippen molar-refractivity contribution >= 4 is 28.3 Å². The number of hydrogen-bond acceptors (Lipinski definition) is 1. The van der Waals surface area contributed by atoms with Crippen molar-refractivity contribution in [3.05, 3.63) is 47.8 Å². The summed E-state index contributed by atoms with van der Waals surface area (Å²) in [4.78, 5) is 14.5. The lowest BCUT2D eigenvalue weighted by atomic mass is 9.97. The van der Waals surface area contributed by atoms with E-state index in [9.17, 15) is 9.18 Å². The Morgan fingerprint density at radius 2 is 1.81 bits per heavy atom. The number of fused-ring (bicyclic) bond motifs is 1. The third-order valence-corrected chi connectivity index (χ3v) is 4.66. The molecule has 1 fully saturated rings. The molecule has 0 radical (unpaired) electrons. The van der Waals surface area contributed by atoms with Crippen LogP contribution in [0.1, 0.15) is 23.2 Å². The van der Waals surface area contributed by atoms with Crippen molar-refractivity contribution in [1.82, 2.24) is 4.90 Å². The van der Waals surface area contributed by atoms with Gasteiger partial charge in [-0.15, -0.1) is 11.6 Å². The molecule has 0 aliphatic carbocycles. The van der Waals surface area contributed by atoms with Gasteiger partial charge in [0.05, 0.1) is 0 Å². The molecule has 0 aromatic heterocycles. The van der Waals surface area contributed by atoms with Crippen molar-refractivity contribution < 1.29 is 9.18 Å². The summed E-state index contributed by atoms with van der Waals surface area (Å²) < 4.78 is 13.8. The van der Waals surface area contributed by atoms with Crippen LogP contribution < -0.4 is 0 Å². The third kappa shape index (κ3) is 2.75. The maximum absolute atomic E-state index is 13.8. The molecule has 1 heterocycles. The monoisotopic (exact) mass is 305 g/mol. The second kappa shape index (κ2) is 6.02. The van der Waals surface area contributed by atoms with E-state index in [4.69, 9.17) is 11.6 Å². The number of halogens is 2. The number of amides is 1. The number of carbonyl (C=O) groups is 1. The van der Waals surface area contributed by atoms with Crippen molar-refractivity contribution in [2.24, 2.45) is 5.92 Å². The Morgan fingerprint density at radius 3 is 2.48 bits per heavy atom. The second-order valence-electron chi connectivity index (χ2n) is 5.53. The highest BCUT2D eigenvalue weighted by Crippen LogP contribution is 2.25. The molecule has 4 heteroatoms. The first kappa shape index (κ1) is 14.3. The zero-order valence-electron chi connectivity index (χ0n) is 11.7. The van der Waals surface area contributed by atoms with Crippen molar-refractivity contribution in [1.29, 1.82) is 0 Å². The fourth-order valence-corrected chi connectivity index (χ4v) is 3.22. The first-order valence-electron chi connectivity index (χ1n) is 7.23. The summed E-state index contributed by atoms with van der Waals surface area (Å²) >= 11 is 5.88. The van der Waals surface area contributed by atoms with Crippen molar-refractivity contribution in [2.45, 2.75) is 12.8 Å². The van der Waals surface area contributed by atoms with E-state index in [1.54, 1.807) is 24.3 Å². The summed E-state index contributed by atoms with van der Waals surface area (Å²) in [6.07, 6.45) is 1.88. The molecule has 110 valence electrons. The lowest BCUT2D eigenvalue weighted by molar-refractivity contribution is 0.0700. The lowest BCUT2D eigenvalue weighted by Crippen LogP contribution is -2.38. The van der Waals surface area contributed by atoms with Gasteiger partial charge in [-0.05, 0) is 36.3 Å². The summed E-state index contributed by atoms with van der Waals surface area (Å²) in [5, 5.41) is 1.18. The topological polar surface area (TPSA) is 20.3 Å².